The van der Waals surface area contributed by atoms with Gasteiger partial charge in [-0.15, -0.1) is 11.8 Å². The molecule has 0 aliphatic carbocycles. The number of hydrogen-bond donors (Lipinski definition) is 1. The molecule has 7 nitrogen and oxygen atoms in total. The highest BCUT2D eigenvalue weighted by Crippen LogP contribution is 2.34. The summed E-state index contributed by atoms with van der Waals surface area (Å²) in [6, 6.07) is 13.2. The number of hydrogen-bond acceptors (Lipinski definition) is 6. The van der Waals surface area contributed by atoms with Gasteiger partial charge in [0.15, 0.2) is 11.5 Å². The first-order chi connectivity index (χ1) is 14.3. The summed E-state index contributed by atoms with van der Waals surface area (Å²) in [4.78, 5) is 13.5. The molecule has 0 aromatic heterocycles. The molecule has 0 spiro atoms. The van der Waals surface area contributed by atoms with Gasteiger partial charge in [-0.05, 0) is 43.4 Å². The molecule has 0 saturated heterocycles. The minimum absolute atomic E-state index is 0.288. The monoisotopic (exact) mass is 450 g/mol. The molecule has 1 aliphatic rings. The lowest BCUT2D eigenvalue weighted by atomic mass is 10.2. The van der Waals surface area contributed by atoms with E-state index >= 15 is 0 Å². The van der Waals surface area contributed by atoms with Gasteiger partial charge in [-0.3, -0.25) is 9.10 Å². The fourth-order valence-electron chi connectivity index (χ4n) is 2.90. The Labute approximate surface area is 181 Å². The molecule has 162 valence electrons. The molecule has 0 bridgehead atoms. The number of nitrogens with one attached hydrogen (secondary N) is 1. The lowest BCUT2D eigenvalue weighted by Gasteiger charge is -2.24. The third-order valence-corrected chi connectivity index (χ3v) is 6.67. The fourth-order valence-corrected chi connectivity index (χ4v) is 4.60. The summed E-state index contributed by atoms with van der Waals surface area (Å²) in [5, 5.41) is 2.80. The van der Waals surface area contributed by atoms with Crippen molar-refractivity contribution in [3.05, 3.63) is 48.0 Å². The van der Waals surface area contributed by atoms with Crippen LogP contribution in [-0.4, -0.2) is 52.6 Å². The van der Waals surface area contributed by atoms with E-state index in [1.54, 1.807) is 30.0 Å². The summed E-state index contributed by atoms with van der Waals surface area (Å²) >= 11 is 1.73. The number of carbonyl (C=O) groups excluding carboxylic acids is 1. The molecule has 3 rings (SSSR count). The van der Waals surface area contributed by atoms with Crippen LogP contribution < -0.4 is 19.1 Å². The predicted octanol–water partition coefficient (Wildman–Crippen LogP) is 2.83. The maximum absolute atomic E-state index is 12.4. The molecule has 0 atom stereocenters. The predicted molar refractivity (Wildman–Crippen MR) is 119 cm³/mol. The number of aryl methyl sites for hydroxylation is 1. The molecule has 1 heterocycles. The molecule has 2 aromatic rings. The van der Waals surface area contributed by atoms with Crippen LogP contribution in [0.15, 0.2) is 47.4 Å². The van der Waals surface area contributed by atoms with E-state index in [0.29, 0.717) is 36.9 Å². The fraction of sp³-hybridized carbons (Fsp3) is 0.381. The lowest BCUT2D eigenvalue weighted by molar-refractivity contribution is -0.119. The highest BCUT2D eigenvalue weighted by atomic mass is 32.2. The van der Waals surface area contributed by atoms with Crippen LogP contribution in [0.1, 0.15) is 12.0 Å². The third kappa shape index (κ3) is 6.30. The van der Waals surface area contributed by atoms with E-state index in [4.69, 9.17) is 9.47 Å². The average molecular weight is 451 g/mol. The first kappa shape index (κ1) is 22.3. The maximum atomic E-state index is 12.4. The first-order valence-corrected chi connectivity index (χ1v) is 12.5. The van der Waals surface area contributed by atoms with Gasteiger partial charge in [0.2, 0.25) is 15.9 Å². The van der Waals surface area contributed by atoms with Crippen LogP contribution in [-0.2, 0) is 14.8 Å². The molecule has 0 fully saturated rings. The molecule has 0 saturated carbocycles. The minimum atomic E-state index is -3.64. The third-order valence-electron chi connectivity index (χ3n) is 4.43. The Hall–Kier alpha value is -2.39. The van der Waals surface area contributed by atoms with E-state index in [-0.39, 0.29) is 12.5 Å². The SMILES string of the molecule is Cc1ccc(SCCCNC(=O)CN(c2ccc3c(c2)OCCO3)S(C)(=O)=O)cc1. The molecule has 9 heteroatoms. The summed E-state index contributed by atoms with van der Waals surface area (Å²) in [6.07, 6.45) is 1.86. The largest absolute Gasteiger partial charge is 0.486 e. The smallest absolute Gasteiger partial charge is 0.240 e. The van der Waals surface area contributed by atoms with Crippen molar-refractivity contribution in [3.8, 4) is 11.5 Å². The molecule has 0 radical (unpaired) electrons. The van der Waals surface area contributed by atoms with Crippen LogP contribution in [0, 0.1) is 6.92 Å². The first-order valence-electron chi connectivity index (χ1n) is 9.66. The Morgan fingerprint density at radius 1 is 1.10 bits per heavy atom. The number of ether oxygens (including phenoxy) is 2. The second-order valence-electron chi connectivity index (χ2n) is 6.96. The quantitative estimate of drug-likeness (QED) is 0.467. The van der Waals surface area contributed by atoms with Gasteiger partial charge >= 0.3 is 0 Å². The number of fused-ring (bicyclic) bond motifs is 1. The van der Waals surface area contributed by atoms with Gasteiger partial charge in [0.1, 0.15) is 19.8 Å². The van der Waals surface area contributed by atoms with Gasteiger partial charge in [-0.1, -0.05) is 17.7 Å². The lowest BCUT2D eigenvalue weighted by Crippen LogP contribution is -2.40. The van der Waals surface area contributed by atoms with Crippen molar-refractivity contribution in [1.82, 2.24) is 5.32 Å². The summed E-state index contributed by atoms with van der Waals surface area (Å²) in [6.45, 7) is 3.10. The Kier molecular flexibility index (Phi) is 7.49. The van der Waals surface area contributed by atoms with Gasteiger partial charge in [0, 0.05) is 17.5 Å². The number of rotatable bonds is 9. The highest BCUT2D eigenvalue weighted by Gasteiger charge is 2.23. The second kappa shape index (κ2) is 10.1. The van der Waals surface area contributed by atoms with Crippen molar-refractivity contribution in [2.45, 2.75) is 18.2 Å². The molecule has 2 aromatic carbocycles. The number of carbonyl (C=O) groups is 1. The zero-order valence-corrected chi connectivity index (χ0v) is 18.7. The molecule has 1 N–H and O–H groups in total. The highest BCUT2D eigenvalue weighted by molar-refractivity contribution is 7.99. The van der Waals surface area contributed by atoms with Crippen molar-refractivity contribution < 1.29 is 22.7 Å². The Morgan fingerprint density at radius 3 is 2.50 bits per heavy atom. The van der Waals surface area contributed by atoms with E-state index in [0.717, 1.165) is 22.7 Å². The maximum Gasteiger partial charge on any atom is 0.240 e. The zero-order valence-electron chi connectivity index (χ0n) is 17.1. The van der Waals surface area contributed by atoms with Gasteiger partial charge in [-0.2, -0.15) is 0 Å². The topological polar surface area (TPSA) is 84.9 Å². The van der Waals surface area contributed by atoms with Crippen LogP contribution in [0.2, 0.25) is 0 Å². The van der Waals surface area contributed by atoms with Crippen molar-refractivity contribution in [2.24, 2.45) is 0 Å². The van der Waals surface area contributed by atoms with Gasteiger partial charge in [0.05, 0.1) is 11.9 Å². The van der Waals surface area contributed by atoms with Gasteiger partial charge in [-0.25, -0.2) is 8.42 Å². The molecule has 1 aliphatic heterocycles. The molecular weight excluding hydrogens is 424 g/mol. The molecule has 0 unspecified atom stereocenters. The standard InChI is InChI=1S/C21H26N2O5S2/c1-16-4-7-18(8-5-16)29-13-3-10-22-21(24)15-23(30(2,25)26)17-6-9-19-20(14-17)28-12-11-27-19/h4-9,14H,3,10-13,15H2,1-2H3,(H,22,24). The van der Waals surface area contributed by atoms with E-state index < -0.39 is 10.0 Å². The summed E-state index contributed by atoms with van der Waals surface area (Å²) < 4.78 is 36.6. The normalized spacial score (nSPS) is 13.0. The summed E-state index contributed by atoms with van der Waals surface area (Å²) in [7, 11) is -3.64. The van der Waals surface area contributed by atoms with E-state index in [2.05, 4.69) is 36.5 Å². The Balaban J connectivity index is 1.51. The van der Waals surface area contributed by atoms with Crippen LogP contribution >= 0.6 is 11.8 Å². The summed E-state index contributed by atoms with van der Waals surface area (Å²) in [5.74, 6) is 1.55. The van der Waals surface area contributed by atoms with Crippen molar-refractivity contribution in [1.29, 1.82) is 0 Å². The number of benzene rings is 2. The van der Waals surface area contributed by atoms with Crippen LogP contribution in [0.5, 0.6) is 11.5 Å². The van der Waals surface area contributed by atoms with Crippen LogP contribution in [0.3, 0.4) is 0 Å². The van der Waals surface area contributed by atoms with Crippen molar-refractivity contribution in [2.75, 3.05) is 42.6 Å². The van der Waals surface area contributed by atoms with E-state index in [1.165, 1.54) is 10.5 Å². The number of thioether (sulfide) groups is 1. The number of nitrogens with zero attached hydrogens (tertiary/aromatic N) is 1. The Bertz CT molecular complexity index is 977. The van der Waals surface area contributed by atoms with Crippen LogP contribution in [0.4, 0.5) is 5.69 Å². The molecule has 1 amide bonds. The molecule has 30 heavy (non-hydrogen) atoms. The van der Waals surface area contributed by atoms with Gasteiger partial charge < -0.3 is 14.8 Å². The van der Waals surface area contributed by atoms with Crippen LogP contribution in [0.25, 0.3) is 0 Å². The second-order valence-corrected chi connectivity index (χ2v) is 10.0. The molecular formula is C21H26N2O5S2. The van der Waals surface area contributed by atoms with Crippen molar-refractivity contribution >= 4 is 33.4 Å². The number of anilines is 1. The summed E-state index contributed by atoms with van der Waals surface area (Å²) in [5.41, 5.74) is 1.59. The minimum Gasteiger partial charge on any atom is -0.486 e. The average Bonchev–Trinajstić information content (AvgIpc) is 2.72. The Morgan fingerprint density at radius 2 is 1.80 bits per heavy atom. The van der Waals surface area contributed by atoms with Gasteiger partial charge in [0.25, 0.3) is 0 Å². The number of sulfonamides is 1. The van der Waals surface area contributed by atoms with Crippen molar-refractivity contribution in [3.63, 3.8) is 0 Å². The number of amides is 1. The van der Waals surface area contributed by atoms with E-state index in [9.17, 15) is 13.2 Å². The zero-order chi connectivity index (χ0) is 21.6. The van der Waals surface area contributed by atoms with E-state index in [1.807, 2.05) is 0 Å².